The first-order chi connectivity index (χ1) is 8.74. The zero-order chi connectivity index (χ0) is 14.4. The molecular weight excluding hydrogens is 246 g/mol. The van der Waals surface area contributed by atoms with Gasteiger partial charge in [0.15, 0.2) is 5.60 Å². The Balaban J connectivity index is 2.58. The molecular formula is C14H17NO4. The van der Waals surface area contributed by atoms with Crippen molar-refractivity contribution in [1.82, 2.24) is 0 Å². The summed E-state index contributed by atoms with van der Waals surface area (Å²) in [5.74, 6) is -0.714. The van der Waals surface area contributed by atoms with Gasteiger partial charge in [0.25, 0.3) is 5.91 Å². The van der Waals surface area contributed by atoms with Crippen LogP contribution in [0.2, 0.25) is 0 Å². The highest BCUT2D eigenvalue weighted by Crippen LogP contribution is 2.39. The molecule has 19 heavy (non-hydrogen) atoms. The number of ether oxygens (including phenoxy) is 1. The van der Waals surface area contributed by atoms with Gasteiger partial charge in [-0.2, -0.15) is 0 Å². The predicted molar refractivity (Wildman–Crippen MR) is 70.7 cm³/mol. The van der Waals surface area contributed by atoms with E-state index in [1.165, 1.54) is 12.1 Å². The lowest BCUT2D eigenvalue weighted by molar-refractivity contribution is -0.133. The van der Waals surface area contributed by atoms with E-state index >= 15 is 0 Å². The number of hydrogen-bond donors (Lipinski definition) is 1. The first-order valence-corrected chi connectivity index (χ1v) is 6.14. The largest absolute Gasteiger partial charge is 0.478 e. The molecule has 1 aliphatic rings. The Kier molecular flexibility index (Phi) is 3.00. The Morgan fingerprint density at radius 3 is 2.53 bits per heavy atom. The van der Waals surface area contributed by atoms with Crippen LogP contribution in [-0.2, 0) is 4.79 Å². The molecule has 0 saturated carbocycles. The number of nitrogens with zero attached hydrogens (tertiary/aromatic N) is 1. The second-order valence-corrected chi connectivity index (χ2v) is 5.37. The molecule has 5 nitrogen and oxygen atoms in total. The van der Waals surface area contributed by atoms with Gasteiger partial charge in [-0.3, -0.25) is 4.79 Å². The standard InChI is InChI=1S/C14H17NO4/c1-8(2)15-10-6-5-9(12(16)17)7-11(10)19-14(3,4)13(15)18/h5-8H,1-4H3,(H,16,17). The number of carboxylic acid groups (broad SMARTS) is 1. The fraction of sp³-hybridized carbons (Fsp3) is 0.429. The van der Waals surface area contributed by atoms with Gasteiger partial charge in [0.05, 0.1) is 11.3 Å². The smallest absolute Gasteiger partial charge is 0.335 e. The van der Waals surface area contributed by atoms with Crippen molar-refractivity contribution in [3.05, 3.63) is 23.8 Å². The van der Waals surface area contributed by atoms with Gasteiger partial charge >= 0.3 is 5.97 Å². The monoisotopic (exact) mass is 263 g/mol. The summed E-state index contributed by atoms with van der Waals surface area (Å²) in [7, 11) is 0. The fourth-order valence-electron chi connectivity index (χ4n) is 2.16. The minimum atomic E-state index is -1.02. The summed E-state index contributed by atoms with van der Waals surface area (Å²) in [6.07, 6.45) is 0. The van der Waals surface area contributed by atoms with Crippen LogP contribution >= 0.6 is 0 Å². The van der Waals surface area contributed by atoms with Gasteiger partial charge in [-0.05, 0) is 45.9 Å². The van der Waals surface area contributed by atoms with Crippen LogP contribution in [0.25, 0.3) is 0 Å². The molecule has 1 N–H and O–H groups in total. The van der Waals surface area contributed by atoms with Crippen molar-refractivity contribution in [2.24, 2.45) is 0 Å². The van der Waals surface area contributed by atoms with Gasteiger partial charge in [0.1, 0.15) is 5.75 Å². The molecule has 0 atom stereocenters. The van der Waals surface area contributed by atoms with E-state index in [9.17, 15) is 9.59 Å². The maximum Gasteiger partial charge on any atom is 0.335 e. The Hall–Kier alpha value is -2.04. The van der Waals surface area contributed by atoms with Crippen LogP contribution in [0.5, 0.6) is 5.75 Å². The number of carboxylic acids is 1. The number of carbonyl (C=O) groups excluding carboxylic acids is 1. The lowest BCUT2D eigenvalue weighted by Crippen LogP contribution is -2.54. The molecule has 0 spiro atoms. The van der Waals surface area contributed by atoms with Crippen LogP contribution in [0.1, 0.15) is 38.1 Å². The summed E-state index contributed by atoms with van der Waals surface area (Å²) in [6, 6.07) is 4.53. The van der Waals surface area contributed by atoms with Crippen molar-refractivity contribution in [1.29, 1.82) is 0 Å². The second kappa shape index (κ2) is 4.26. The molecule has 102 valence electrons. The highest BCUT2D eigenvalue weighted by Gasteiger charge is 2.42. The average molecular weight is 263 g/mol. The summed E-state index contributed by atoms with van der Waals surface area (Å²) in [4.78, 5) is 25.0. The molecule has 1 heterocycles. The lowest BCUT2D eigenvalue weighted by Gasteiger charge is -2.40. The van der Waals surface area contributed by atoms with Gasteiger partial charge in [-0.25, -0.2) is 4.79 Å². The Bertz CT molecular complexity index is 548. The molecule has 1 aromatic rings. The van der Waals surface area contributed by atoms with E-state index < -0.39 is 11.6 Å². The van der Waals surface area contributed by atoms with E-state index in [-0.39, 0.29) is 17.5 Å². The minimum absolute atomic E-state index is 0.0231. The van der Waals surface area contributed by atoms with Crippen molar-refractivity contribution in [2.45, 2.75) is 39.3 Å². The molecule has 0 bridgehead atoms. The number of amides is 1. The molecule has 1 amide bonds. The molecule has 0 radical (unpaired) electrons. The molecule has 2 rings (SSSR count). The normalized spacial score (nSPS) is 17.1. The van der Waals surface area contributed by atoms with Crippen molar-refractivity contribution in [3.63, 3.8) is 0 Å². The van der Waals surface area contributed by atoms with Crippen molar-refractivity contribution in [3.8, 4) is 5.75 Å². The molecule has 0 aliphatic carbocycles. The quantitative estimate of drug-likeness (QED) is 0.889. The third-order valence-corrected chi connectivity index (χ3v) is 3.08. The first-order valence-electron chi connectivity index (χ1n) is 6.14. The number of anilines is 1. The maximum absolute atomic E-state index is 12.4. The summed E-state index contributed by atoms with van der Waals surface area (Å²) in [5.41, 5.74) is -0.231. The van der Waals surface area contributed by atoms with Gasteiger partial charge < -0.3 is 14.7 Å². The van der Waals surface area contributed by atoms with E-state index in [1.54, 1.807) is 24.8 Å². The van der Waals surface area contributed by atoms with Crippen LogP contribution in [0.4, 0.5) is 5.69 Å². The van der Waals surface area contributed by atoms with Gasteiger partial charge in [-0.1, -0.05) is 0 Å². The van der Waals surface area contributed by atoms with E-state index in [4.69, 9.17) is 9.84 Å². The van der Waals surface area contributed by atoms with E-state index in [2.05, 4.69) is 0 Å². The van der Waals surface area contributed by atoms with Crippen molar-refractivity contribution < 1.29 is 19.4 Å². The number of carbonyl (C=O) groups is 2. The Morgan fingerprint density at radius 1 is 1.37 bits per heavy atom. The van der Waals surface area contributed by atoms with E-state index in [1.807, 2.05) is 13.8 Å². The third kappa shape index (κ3) is 2.16. The van der Waals surface area contributed by atoms with Crippen molar-refractivity contribution in [2.75, 3.05) is 4.90 Å². The van der Waals surface area contributed by atoms with Gasteiger partial charge in [0.2, 0.25) is 0 Å². The first kappa shape index (κ1) is 13.4. The van der Waals surface area contributed by atoms with Crippen molar-refractivity contribution >= 4 is 17.6 Å². The highest BCUT2D eigenvalue weighted by atomic mass is 16.5. The van der Waals surface area contributed by atoms with E-state index in [0.717, 1.165) is 0 Å². The molecule has 1 aliphatic heterocycles. The zero-order valence-electron chi connectivity index (χ0n) is 11.4. The summed E-state index contributed by atoms with van der Waals surface area (Å²) >= 11 is 0. The van der Waals surface area contributed by atoms with Gasteiger partial charge in [0, 0.05) is 6.04 Å². The van der Waals surface area contributed by atoms with Crippen LogP contribution in [0, 0.1) is 0 Å². The lowest BCUT2D eigenvalue weighted by atomic mass is 10.0. The molecule has 0 saturated heterocycles. The number of aromatic carboxylic acids is 1. The Labute approximate surface area is 111 Å². The molecule has 0 unspecified atom stereocenters. The number of hydrogen-bond acceptors (Lipinski definition) is 3. The van der Waals surface area contributed by atoms with Crippen LogP contribution < -0.4 is 9.64 Å². The second-order valence-electron chi connectivity index (χ2n) is 5.37. The Morgan fingerprint density at radius 2 is 2.00 bits per heavy atom. The fourth-order valence-corrected chi connectivity index (χ4v) is 2.16. The topological polar surface area (TPSA) is 66.8 Å². The minimum Gasteiger partial charge on any atom is -0.478 e. The molecule has 0 fully saturated rings. The number of rotatable bonds is 2. The average Bonchev–Trinajstić information content (AvgIpc) is 2.28. The summed E-state index contributed by atoms with van der Waals surface area (Å²) < 4.78 is 5.65. The van der Waals surface area contributed by atoms with Crippen LogP contribution in [0.15, 0.2) is 18.2 Å². The molecule has 5 heteroatoms. The van der Waals surface area contributed by atoms with Crippen LogP contribution in [-0.4, -0.2) is 28.6 Å². The van der Waals surface area contributed by atoms with Crippen LogP contribution in [0.3, 0.4) is 0 Å². The van der Waals surface area contributed by atoms with Gasteiger partial charge in [-0.15, -0.1) is 0 Å². The predicted octanol–water partition coefficient (Wildman–Crippen LogP) is 2.30. The SMILES string of the molecule is CC(C)N1C(=O)C(C)(C)Oc2cc(C(=O)O)ccc21. The van der Waals surface area contributed by atoms with E-state index in [0.29, 0.717) is 11.4 Å². The third-order valence-electron chi connectivity index (χ3n) is 3.08. The number of fused-ring (bicyclic) bond motifs is 1. The highest BCUT2D eigenvalue weighted by molar-refractivity contribution is 6.03. The maximum atomic E-state index is 12.4. The zero-order valence-corrected chi connectivity index (χ0v) is 11.4. The number of benzene rings is 1. The summed E-state index contributed by atoms with van der Waals surface area (Å²) in [5, 5.41) is 9.01. The molecule has 0 aromatic heterocycles. The molecule has 1 aromatic carbocycles. The summed E-state index contributed by atoms with van der Waals surface area (Å²) in [6.45, 7) is 7.19.